The SMILES string of the molecule is CCC(C)N1CC[C@@H](n2cc(C3(N)N=CC(F)=C(NC)N3)cn2)[C@H](F)C1. The van der Waals surface area contributed by atoms with Crippen molar-refractivity contribution in [3.05, 3.63) is 29.6 Å². The number of nitrogens with zero attached hydrogens (tertiary/aromatic N) is 4. The van der Waals surface area contributed by atoms with Crippen molar-refractivity contribution < 1.29 is 8.78 Å². The molecular weight excluding hydrogens is 340 g/mol. The molecular formula is C17H27F2N7. The zero-order valence-corrected chi connectivity index (χ0v) is 15.4. The molecule has 0 aromatic carbocycles. The van der Waals surface area contributed by atoms with Crippen LogP contribution in [-0.2, 0) is 5.79 Å². The van der Waals surface area contributed by atoms with Crippen molar-refractivity contribution in [1.82, 2.24) is 25.3 Å². The number of allylic oxidation sites excluding steroid dienone is 1. The molecule has 2 aliphatic rings. The molecule has 4 atom stereocenters. The maximum Gasteiger partial charge on any atom is 0.213 e. The van der Waals surface area contributed by atoms with Crippen molar-refractivity contribution in [3.63, 3.8) is 0 Å². The third-order valence-electron chi connectivity index (χ3n) is 5.32. The first-order valence-corrected chi connectivity index (χ1v) is 9.00. The Balaban J connectivity index is 1.74. The molecule has 1 saturated heterocycles. The normalized spacial score (nSPS) is 31.0. The minimum atomic E-state index is -1.34. The van der Waals surface area contributed by atoms with E-state index in [0.717, 1.165) is 19.2 Å². The van der Waals surface area contributed by atoms with E-state index >= 15 is 0 Å². The largest absolute Gasteiger partial charge is 0.372 e. The van der Waals surface area contributed by atoms with Gasteiger partial charge in [-0.1, -0.05) is 6.92 Å². The van der Waals surface area contributed by atoms with E-state index in [1.165, 1.54) is 0 Å². The summed E-state index contributed by atoms with van der Waals surface area (Å²) in [7, 11) is 1.59. The lowest BCUT2D eigenvalue weighted by Crippen LogP contribution is -2.52. The molecule has 1 aromatic heterocycles. The molecule has 0 radical (unpaired) electrons. The Morgan fingerprint density at radius 2 is 2.31 bits per heavy atom. The molecule has 2 aliphatic heterocycles. The topological polar surface area (TPSA) is 83.5 Å². The van der Waals surface area contributed by atoms with Crippen LogP contribution >= 0.6 is 0 Å². The zero-order chi connectivity index (χ0) is 18.9. The Morgan fingerprint density at radius 1 is 1.54 bits per heavy atom. The highest BCUT2D eigenvalue weighted by Crippen LogP contribution is 2.29. The Bertz CT molecular complexity index is 701. The summed E-state index contributed by atoms with van der Waals surface area (Å²) in [6.45, 7) is 5.46. The van der Waals surface area contributed by atoms with Crippen LogP contribution in [0.15, 0.2) is 29.0 Å². The smallest absolute Gasteiger partial charge is 0.213 e. The monoisotopic (exact) mass is 367 g/mol. The number of aliphatic imine (C=N–C) groups is 1. The summed E-state index contributed by atoms with van der Waals surface area (Å²) in [4.78, 5) is 6.22. The van der Waals surface area contributed by atoms with Crippen LogP contribution in [0.4, 0.5) is 8.78 Å². The lowest BCUT2D eigenvalue weighted by atomic mass is 10.0. The van der Waals surface area contributed by atoms with E-state index in [-0.39, 0.29) is 11.9 Å². The van der Waals surface area contributed by atoms with Crippen LogP contribution in [0, 0.1) is 0 Å². The molecule has 3 heterocycles. The average Bonchev–Trinajstić information content (AvgIpc) is 3.13. The maximum atomic E-state index is 14.7. The van der Waals surface area contributed by atoms with Crippen molar-refractivity contribution in [2.75, 3.05) is 20.1 Å². The van der Waals surface area contributed by atoms with Crippen molar-refractivity contribution in [1.29, 1.82) is 0 Å². The summed E-state index contributed by atoms with van der Waals surface area (Å²) in [5.41, 5.74) is 6.81. The predicted octanol–water partition coefficient (Wildman–Crippen LogP) is 1.37. The Labute approximate surface area is 152 Å². The highest BCUT2D eigenvalue weighted by atomic mass is 19.1. The minimum Gasteiger partial charge on any atom is -0.372 e. The van der Waals surface area contributed by atoms with Gasteiger partial charge in [-0.3, -0.25) is 15.3 Å². The van der Waals surface area contributed by atoms with Gasteiger partial charge in [0.05, 0.1) is 24.0 Å². The number of rotatable bonds is 5. The van der Waals surface area contributed by atoms with Gasteiger partial charge in [0.1, 0.15) is 12.0 Å². The van der Waals surface area contributed by atoms with Gasteiger partial charge in [-0.05, 0) is 19.8 Å². The van der Waals surface area contributed by atoms with Crippen LogP contribution < -0.4 is 16.4 Å². The van der Waals surface area contributed by atoms with E-state index in [1.54, 1.807) is 24.1 Å². The van der Waals surface area contributed by atoms with E-state index in [9.17, 15) is 8.78 Å². The van der Waals surface area contributed by atoms with Gasteiger partial charge in [-0.15, -0.1) is 0 Å². The molecule has 4 N–H and O–H groups in total. The molecule has 0 spiro atoms. The minimum absolute atomic E-state index is 0.153. The lowest BCUT2D eigenvalue weighted by molar-refractivity contribution is 0.0593. The summed E-state index contributed by atoms with van der Waals surface area (Å²) >= 11 is 0. The average molecular weight is 367 g/mol. The third-order valence-corrected chi connectivity index (χ3v) is 5.32. The summed E-state index contributed by atoms with van der Waals surface area (Å²) < 4.78 is 30.0. The van der Waals surface area contributed by atoms with E-state index in [0.29, 0.717) is 24.6 Å². The second kappa shape index (κ2) is 7.32. The van der Waals surface area contributed by atoms with Gasteiger partial charge in [0.25, 0.3) is 0 Å². The van der Waals surface area contributed by atoms with Crippen molar-refractivity contribution in [2.45, 2.75) is 50.7 Å². The van der Waals surface area contributed by atoms with Crippen molar-refractivity contribution >= 4 is 6.21 Å². The number of halogens is 2. The number of hydrogen-bond acceptors (Lipinski definition) is 6. The molecule has 1 aromatic rings. The number of piperidine rings is 1. The third kappa shape index (κ3) is 3.45. The molecule has 144 valence electrons. The number of hydrogen-bond donors (Lipinski definition) is 3. The van der Waals surface area contributed by atoms with Crippen molar-refractivity contribution in [2.24, 2.45) is 10.7 Å². The van der Waals surface area contributed by atoms with Gasteiger partial charge in [0.2, 0.25) is 5.79 Å². The van der Waals surface area contributed by atoms with Gasteiger partial charge in [-0.2, -0.15) is 5.10 Å². The molecule has 0 saturated carbocycles. The molecule has 0 bridgehead atoms. The van der Waals surface area contributed by atoms with E-state index < -0.39 is 17.8 Å². The van der Waals surface area contributed by atoms with Gasteiger partial charge in [0, 0.05) is 32.4 Å². The van der Waals surface area contributed by atoms with Gasteiger partial charge < -0.3 is 10.6 Å². The fraction of sp³-hybridized carbons (Fsp3) is 0.647. The number of nitrogens with two attached hydrogens (primary N) is 1. The first-order valence-electron chi connectivity index (χ1n) is 9.00. The van der Waals surface area contributed by atoms with Gasteiger partial charge >= 0.3 is 0 Å². The Kier molecular flexibility index (Phi) is 5.29. The van der Waals surface area contributed by atoms with Gasteiger partial charge in [0.15, 0.2) is 5.83 Å². The Morgan fingerprint density at radius 3 is 2.96 bits per heavy atom. The first kappa shape index (κ1) is 18.8. The summed E-state index contributed by atoms with van der Waals surface area (Å²) in [5.74, 6) is -1.71. The van der Waals surface area contributed by atoms with Crippen LogP contribution in [0.5, 0.6) is 0 Å². The van der Waals surface area contributed by atoms with Gasteiger partial charge in [-0.25, -0.2) is 13.8 Å². The molecule has 26 heavy (non-hydrogen) atoms. The van der Waals surface area contributed by atoms with E-state index in [2.05, 4.69) is 39.5 Å². The van der Waals surface area contributed by atoms with Crippen LogP contribution in [-0.4, -0.2) is 53.2 Å². The quantitative estimate of drug-likeness (QED) is 0.732. The summed E-state index contributed by atoms with van der Waals surface area (Å²) in [5, 5.41) is 9.83. The van der Waals surface area contributed by atoms with Crippen LogP contribution in [0.3, 0.4) is 0 Å². The molecule has 0 aliphatic carbocycles. The molecule has 9 heteroatoms. The molecule has 0 amide bonds. The highest BCUT2D eigenvalue weighted by molar-refractivity contribution is 5.78. The van der Waals surface area contributed by atoms with E-state index in [4.69, 9.17) is 5.73 Å². The second-order valence-electron chi connectivity index (χ2n) is 6.96. The molecule has 7 nitrogen and oxygen atoms in total. The second-order valence-corrected chi connectivity index (χ2v) is 6.96. The number of nitrogens with one attached hydrogen (secondary N) is 2. The summed E-state index contributed by atoms with van der Waals surface area (Å²) in [6, 6.07) is 0.0355. The fourth-order valence-electron chi connectivity index (χ4n) is 3.42. The number of alkyl halides is 1. The molecule has 1 fully saturated rings. The zero-order valence-electron chi connectivity index (χ0n) is 15.4. The van der Waals surface area contributed by atoms with E-state index in [1.807, 2.05) is 0 Å². The molecule has 3 rings (SSSR count). The first-order chi connectivity index (χ1) is 12.4. The Hall–Kier alpha value is -2.00. The van der Waals surface area contributed by atoms with Crippen molar-refractivity contribution in [3.8, 4) is 0 Å². The van der Waals surface area contributed by atoms with Crippen LogP contribution in [0.2, 0.25) is 0 Å². The highest BCUT2D eigenvalue weighted by Gasteiger charge is 2.36. The fourth-order valence-corrected chi connectivity index (χ4v) is 3.42. The lowest BCUT2D eigenvalue weighted by Gasteiger charge is -2.38. The summed E-state index contributed by atoms with van der Waals surface area (Å²) in [6.07, 6.45) is 4.98. The maximum absolute atomic E-state index is 14.7. The predicted molar refractivity (Wildman–Crippen MR) is 96.8 cm³/mol. The van der Waals surface area contributed by atoms with Crippen LogP contribution in [0.1, 0.15) is 38.3 Å². The standard InChI is InChI=1S/C17H27F2N7/c1-4-11(2)25-6-5-15(14(19)10-25)26-9-12(7-23-26)17(20)22-8-13(18)16(21-3)24-17/h7-9,11,14-15,21,24H,4-6,10,20H2,1-3H3/t11?,14-,15-,17?/m1/s1. The number of aromatic nitrogens is 2. The van der Waals surface area contributed by atoms with Crippen LogP contribution in [0.25, 0.3) is 0 Å². The number of likely N-dealkylation sites (tertiary alicyclic amines) is 1. The molecule has 2 unspecified atom stereocenters.